The smallest absolute Gasteiger partial charge is 0.327 e. The number of esters is 1. The summed E-state index contributed by atoms with van der Waals surface area (Å²) in [6.07, 6.45) is 0.892. The molecule has 1 rings (SSSR count). The quantitative estimate of drug-likeness (QED) is 0.604. The van der Waals surface area contributed by atoms with Crippen molar-refractivity contribution in [2.45, 2.75) is 33.7 Å². The average Bonchev–Trinajstić information content (AvgIpc) is 2.57. The molecule has 1 heterocycles. The summed E-state index contributed by atoms with van der Waals surface area (Å²) < 4.78 is 6.73. The number of hydrogen-bond acceptors (Lipinski definition) is 5. The lowest BCUT2D eigenvalue weighted by Gasteiger charge is -2.06. The Bertz CT molecular complexity index is 404. The zero-order chi connectivity index (χ0) is 13.5. The second-order valence-electron chi connectivity index (χ2n) is 4.01. The molecule has 0 bridgehead atoms. The Morgan fingerprint density at radius 2 is 2.22 bits per heavy atom. The summed E-state index contributed by atoms with van der Waals surface area (Å²) in [4.78, 5) is 11.6. The predicted octanol–water partition coefficient (Wildman–Crippen LogP) is 1.77. The molecule has 5 nitrogen and oxygen atoms in total. The number of carbonyl (C=O) groups is 1. The van der Waals surface area contributed by atoms with Crippen molar-refractivity contribution < 1.29 is 9.53 Å². The van der Waals surface area contributed by atoms with E-state index in [2.05, 4.69) is 12.0 Å². The Labute approximate surface area is 112 Å². The van der Waals surface area contributed by atoms with Gasteiger partial charge in [0.05, 0.1) is 23.7 Å². The van der Waals surface area contributed by atoms with Gasteiger partial charge < -0.3 is 10.5 Å². The van der Waals surface area contributed by atoms with Gasteiger partial charge in [0.15, 0.2) is 0 Å². The third-order valence-electron chi connectivity index (χ3n) is 2.62. The highest BCUT2D eigenvalue weighted by molar-refractivity contribution is 7.99. The van der Waals surface area contributed by atoms with E-state index in [9.17, 15) is 4.79 Å². The van der Waals surface area contributed by atoms with Crippen molar-refractivity contribution in [2.24, 2.45) is 0 Å². The Kier molecular flexibility index (Phi) is 6.04. The van der Waals surface area contributed by atoms with E-state index in [1.54, 1.807) is 4.68 Å². The molecule has 0 spiro atoms. The monoisotopic (exact) mass is 271 g/mol. The molecule has 102 valence electrons. The number of carbonyl (C=O) groups excluding carboxylic acids is 1. The summed E-state index contributed by atoms with van der Waals surface area (Å²) in [5.41, 5.74) is 8.00. The molecule has 0 aromatic carbocycles. The maximum Gasteiger partial charge on any atom is 0.327 e. The van der Waals surface area contributed by atoms with Crippen LogP contribution in [0, 0.1) is 13.8 Å². The number of nitrogen functional groups attached to an aromatic ring is 1. The van der Waals surface area contributed by atoms with Crippen LogP contribution in [0.4, 0.5) is 5.69 Å². The van der Waals surface area contributed by atoms with Gasteiger partial charge in [-0.15, -0.1) is 0 Å². The minimum Gasteiger partial charge on any atom is -0.464 e. The van der Waals surface area contributed by atoms with Crippen LogP contribution in [-0.4, -0.2) is 33.9 Å². The highest BCUT2D eigenvalue weighted by atomic mass is 32.2. The Morgan fingerprint density at radius 3 is 2.78 bits per heavy atom. The SMILES string of the molecule is CCSCCCOC(=O)Cn1nc(C)c(N)c1C. The number of ether oxygens (including phenoxy) is 1. The molecule has 1 aromatic rings. The molecule has 0 unspecified atom stereocenters. The van der Waals surface area contributed by atoms with Gasteiger partial charge in [-0.3, -0.25) is 9.48 Å². The van der Waals surface area contributed by atoms with Crippen LogP contribution < -0.4 is 5.73 Å². The van der Waals surface area contributed by atoms with Crippen molar-refractivity contribution in [3.63, 3.8) is 0 Å². The Balaban J connectivity index is 2.33. The Morgan fingerprint density at radius 1 is 1.50 bits per heavy atom. The number of hydrogen-bond donors (Lipinski definition) is 1. The molecule has 0 saturated carbocycles. The van der Waals surface area contributed by atoms with Crippen LogP contribution in [0.15, 0.2) is 0 Å². The van der Waals surface area contributed by atoms with E-state index in [0.717, 1.165) is 29.3 Å². The minimum absolute atomic E-state index is 0.130. The largest absolute Gasteiger partial charge is 0.464 e. The van der Waals surface area contributed by atoms with E-state index in [1.807, 2.05) is 25.6 Å². The molecule has 2 N–H and O–H groups in total. The zero-order valence-corrected chi connectivity index (χ0v) is 12.0. The number of thioether (sulfide) groups is 1. The third-order valence-corrected chi connectivity index (χ3v) is 3.60. The second kappa shape index (κ2) is 7.31. The lowest BCUT2D eigenvalue weighted by atomic mass is 10.3. The van der Waals surface area contributed by atoms with Gasteiger partial charge in [-0.2, -0.15) is 16.9 Å². The fourth-order valence-corrected chi connectivity index (χ4v) is 2.13. The highest BCUT2D eigenvalue weighted by Gasteiger charge is 2.11. The summed E-state index contributed by atoms with van der Waals surface area (Å²) in [6, 6.07) is 0. The summed E-state index contributed by atoms with van der Waals surface area (Å²) >= 11 is 1.85. The molecule has 6 heteroatoms. The number of rotatable bonds is 7. The minimum atomic E-state index is -0.262. The molecule has 18 heavy (non-hydrogen) atoms. The van der Waals surface area contributed by atoms with Crippen molar-refractivity contribution in [3.05, 3.63) is 11.4 Å². The first-order chi connectivity index (χ1) is 8.56. The fourth-order valence-electron chi connectivity index (χ4n) is 1.52. The van der Waals surface area contributed by atoms with Gasteiger partial charge in [-0.1, -0.05) is 6.92 Å². The zero-order valence-electron chi connectivity index (χ0n) is 11.2. The van der Waals surface area contributed by atoms with E-state index in [4.69, 9.17) is 10.5 Å². The van der Waals surface area contributed by atoms with Gasteiger partial charge in [-0.05, 0) is 31.8 Å². The molecular formula is C12H21N3O2S. The standard InChI is InChI=1S/C12H21N3O2S/c1-4-18-7-5-6-17-11(16)8-15-10(3)12(13)9(2)14-15/h4-8,13H2,1-3H3. The maximum absolute atomic E-state index is 11.6. The molecule has 0 amide bonds. The van der Waals surface area contributed by atoms with Crippen molar-refractivity contribution in [3.8, 4) is 0 Å². The molecule has 1 aromatic heterocycles. The lowest BCUT2D eigenvalue weighted by Crippen LogP contribution is -2.16. The topological polar surface area (TPSA) is 70.1 Å². The van der Waals surface area contributed by atoms with Crippen molar-refractivity contribution >= 4 is 23.4 Å². The molecule has 0 fully saturated rings. The van der Waals surface area contributed by atoms with Gasteiger partial charge in [0.1, 0.15) is 6.54 Å². The van der Waals surface area contributed by atoms with Crippen LogP contribution in [0.5, 0.6) is 0 Å². The van der Waals surface area contributed by atoms with Crippen LogP contribution in [0.1, 0.15) is 24.7 Å². The molecular weight excluding hydrogens is 250 g/mol. The number of nitrogens with two attached hydrogens (primary N) is 1. The van der Waals surface area contributed by atoms with E-state index < -0.39 is 0 Å². The van der Waals surface area contributed by atoms with Gasteiger partial charge in [-0.25, -0.2) is 0 Å². The summed E-state index contributed by atoms with van der Waals surface area (Å²) in [7, 11) is 0. The van der Waals surface area contributed by atoms with Crippen LogP contribution in [0.25, 0.3) is 0 Å². The van der Waals surface area contributed by atoms with E-state index in [-0.39, 0.29) is 12.5 Å². The first-order valence-electron chi connectivity index (χ1n) is 6.09. The number of anilines is 1. The molecule has 0 atom stereocenters. The van der Waals surface area contributed by atoms with E-state index in [1.165, 1.54) is 0 Å². The van der Waals surface area contributed by atoms with Crippen molar-refractivity contribution in [1.82, 2.24) is 9.78 Å². The lowest BCUT2D eigenvalue weighted by molar-refractivity contribution is -0.144. The van der Waals surface area contributed by atoms with Gasteiger partial charge in [0.2, 0.25) is 0 Å². The summed E-state index contributed by atoms with van der Waals surface area (Å²) in [5, 5.41) is 4.19. The molecule has 0 aliphatic carbocycles. The van der Waals surface area contributed by atoms with E-state index >= 15 is 0 Å². The van der Waals surface area contributed by atoms with E-state index in [0.29, 0.717) is 12.3 Å². The van der Waals surface area contributed by atoms with Crippen LogP contribution in [-0.2, 0) is 16.1 Å². The van der Waals surface area contributed by atoms with Crippen molar-refractivity contribution in [2.75, 3.05) is 23.8 Å². The summed E-state index contributed by atoms with van der Waals surface area (Å²) in [6.45, 7) is 6.39. The fraction of sp³-hybridized carbons (Fsp3) is 0.667. The summed E-state index contributed by atoms with van der Waals surface area (Å²) in [5.74, 6) is 1.86. The molecule has 0 saturated heterocycles. The van der Waals surface area contributed by atoms with Crippen LogP contribution in [0.3, 0.4) is 0 Å². The third kappa shape index (κ3) is 4.25. The predicted molar refractivity (Wildman–Crippen MR) is 74.7 cm³/mol. The molecule has 0 aliphatic rings. The molecule has 0 radical (unpaired) electrons. The van der Waals surface area contributed by atoms with Crippen LogP contribution >= 0.6 is 11.8 Å². The molecule has 0 aliphatic heterocycles. The normalized spacial score (nSPS) is 10.6. The Hall–Kier alpha value is -1.17. The second-order valence-corrected chi connectivity index (χ2v) is 5.41. The van der Waals surface area contributed by atoms with Crippen molar-refractivity contribution in [1.29, 1.82) is 0 Å². The van der Waals surface area contributed by atoms with Gasteiger partial charge >= 0.3 is 5.97 Å². The first kappa shape index (κ1) is 14.9. The van der Waals surface area contributed by atoms with Gasteiger partial charge in [0, 0.05) is 0 Å². The number of aromatic nitrogens is 2. The average molecular weight is 271 g/mol. The first-order valence-corrected chi connectivity index (χ1v) is 7.24. The van der Waals surface area contributed by atoms with Crippen LogP contribution in [0.2, 0.25) is 0 Å². The number of nitrogens with zero attached hydrogens (tertiary/aromatic N) is 2. The van der Waals surface area contributed by atoms with Gasteiger partial charge in [0.25, 0.3) is 0 Å². The highest BCUT2D eigenvalue weighted by Crippen LogP contribution is 2.14. The number of aryl methyl sites for hydroxylation is 1. The maximum atomic E-state index is 11.6.